The van der Waals surface area contributed by atoms with Crippen LogP contribution in [0, 0.1) is 0 Å². The van der Waals surface area contributed by atoms with Gasteiger partial charge in [0.1, 0.15) is 5.75 Å². The van der Waals surface area contributed by atoms with Gasteiger partial charge in [0.15, 0.2) is 0 Å². The van der Waals surface area contributed by atoms with Crippen molar-refractivity contribution >= 4 is 28.9 Å². The predicted octanol–water partition coefficient (Wildman–Crippen LogP) is 3.18. The maximum atomic E-state index is 12.2. The van der Waals surface area contributed by atoms with Crippen molar-refractivity contribution in [2.24, 2.45) is 0 Å². The monoisotopic (exact) mass is 276 g/mol. The van der Waals surface area contributed by atoms with Gasteiger partial charge in [-0.25, -0.2) is 0 Å². The van der Waals surface area contributed by atoms with E-state index in [1.54, 1.807) is 36.4 Å². The largest absolute Gasteiger partial charge is 0.495 e. The molecule has 3 N–H and O–H groups in total. The lowest BCUT2D eigenvalue weighted by molar-refractivity contribution is 0.102. The Balaban J connectivity index is 2.31. The van der Waals surface area contributed by atoms with E-state index >= 15 is 0 Å². The lowest BCUT2D eigenvalue weighted by Gasteiger charge is -2.11. The summed E-state index contributed by atoms with van der Waals surface area (Å²) in [4.78, 5) is 12.2. The molecule has 19 heavy (non-hydrogen) atoms. The number of halogens is 1. The third kappa shape index (κ3) is 2.80. The molecule has 0 fully saturated rings. The zero-order valence-electron chi connectivity index (χ0n) is 10.3. The molecule has 2 aromatic carbocycles. The summed E-state index contributed by atoms with van der Waals surface area (Å²) in [5.41, 5.74) is 6.93. The summed E-state index contributed by atoms with van der Waals surface area (Å²) in [5.74, 6) is 0.203. The standard InChI is InChI=1S/C14H13ClN2O2/c1-19-12-8-3-2-7-11(12)17-14(18)13-9(15)5-4-6-10(13)16/h2-8H,16H2,1H3,(H,17,18). The van der Waals surface area contributed by atoms with Crippen LogP contribution in [0.5, 0.6) is 5.75 Å². The second-order valence-electron chi connectivity index (χ2n) is 3.86. The zero-order valence-corrected chi connectivity index (χ0v) is 11.1. The molecule has 0 atom stereocenters. The van der Waals surface area contributed by atoms with Crippen molar-refractivity contribution in [3.8, 4) is 5.75 Å². The van der Waals surface area contributed by atoms with Crippen LogP contribution >= 0.6 is 11.6 Å². The number of ether oxygens (including phenoxy) is 1. The molecule has 0 unspecified atom stereocenters. The Bertz CT molecular complexity index is 594. The minimum atomic E-state index is -0.368. The molecule has 2 aromatic rings. The fraction of sp³-hybridized carbons (Fsp3) is 0.0714. The maximum Gasteiger partial charge on any atom is 0.259 e. The van der Waals surface area contributed by atoms with Crippen LogP contribution in [-0.4, -0.2) is 13.0 Å². The SMILES string of the molecule is COc1ccccc1NC(=O)c1c(N)cccc1Cl. The molecule has 0 saturated carbocycles. The van der Waals surface area contributed by atoms with Gasteiger partial charge in [-0.1, -0.05) is 29.8 Å². The first-order chi connectivity index (χ1) is 9.13. The molecular formula is C14H13ClN2O2. The summed E-state index contributed by atoms with van der Waals surface area (Å²) in [5, 5.41) is 3.04. The van der Waals surface area contributed by atoms with Gasteiger partial charge in [0.25, 0.3) is 5.91 Å². The average Bonchev–Trinajstić information content (AvgIpc) is 2.39. The first kappa shape index (κ1) is 13.2. The van der Waals surface area contributed by atoms with Crippen molar-refractivity contribution in [3.05, 3.63) is 53.1 Å². The maximum absolute atomic E-state index is 12.2. The molecule has 0 aliphatic rings. The average molecular weight is 277 g/mol. The van der Waals surface area contributed by atoms with Crippen molar-refractivity contribution in [1.82, 2.24) is 0 Å². The Morgan fingerprint density at radius 1 is 1.21 bits per heavy atom. The molecule has 2 rings (SSSR count). The smallest absolute Gasteiger partial charge is 0.259 e. The summed E-state index contributed by atoms with van der Waals surface area (Å²) in [7, 11) is 1.54. The number of carbonyl (C=O) groups excluding carboxylic acids is 1. The van der Waals surface area contributed by atoms with E-state index in [-0.39, 0.29) is 11.5 Å². The van der Waals surface area contributed by atoms with E-state index in [0.717, 1.165) is 0 Å². The number of nitrogen functional groups attached to an aromatic ring is 1. The van der Waals surface area contributed by atoms with Crippen LogP contribution in [0.2, 0.25) is 5.02 Å². The van der Waals surface area contributed by atoms with E-state index in [4.69, 9.17) is 22.1 Å². The fourth-order valence-corrected chi connectivity index (χ4v) is 1.98. The van der Waals surface area contributed by atoms with Gasteiger partial charge in [0.05, 0.1) is 23.4 Å². The van der Waals surface area contributed by atoms with E-state index < -0.39 is 0 Å². The quantitative estimate of drug-likeness (QED) is 0.846. The first-order valence-corrected chi connectivity index (χ1v) is 5.99. The Morgan fingerprint density at radius 3 is 2.63 bits per heavy atom. The Labute approximate surface area is 116 Å². The van der Waals surface area contributed by atoms with Crippen LogP contribution in [0.25, 0.3) is 0 Å². The molecule has 1 amide bonds. The zero-order chi connectivity index (χ0) is 13.8. The molecule has 0 radical (unpaired) electrons. The molecule has 98 valence electrons. The highest BCUT2D eigenvalue weighted by atomic mass is 35.5. The van der Waals surface area contributed by atoms with Gasteiger partial charge in [0, 0.05) is 5.69 Å². The molecule has 4 nitrogen and oxygen atoms in total. The number of methoxy groups -OCH3 is 1. The number of para-hydroxylation sites is 2. The molecular weight excluding hydrogens is 264 g/mol. The lowest BCUT2D eigenvalue weighted by atomic mass is 10.1. The van der Waals surface area contributed by atoms with Gasteiger partial charge in [0.2, 0.25) is 0 Å². The molecule has 0 aromatic heterocycles. The van der Waals surface area contributed by atoms with Crippen molar-refractivity contribution in [3.63, 3.8) is 0 Å². The van der Waals surface area contributed by atoms with Crippen LogP contribution in [0.1, 0.15) is 10.4 Å². The second-order valence-corrected chi connectivity index (χ2v) is 4.27. The third-order valence-electron chi connectivity index (χ3n) is 2.63. The summed E-state index contributed by atoms with van der Waals surface area (Å²) in [6.07, 6.45) is 0. The van der Waals surface area contributed by atoms with Crippen LogP contribution in [0.15, 0.2) is 42.5 Å². The number of nitrogens with two attached hydrogens (primary N) is 1. The highest BCUT2D eigenvalue weighted by molar-refractivity contribution is 6.35. The molecule has 0 spiro atoms. The predicted molar refractivity (Wildman–Crippen MR) is 76.8 cm³/mol. The highest BCUT2D eigenvalue weighted by Gasteiger charge is 2.15. The minimum Gasteiger partial charge on any atom is -0.495 e. The van der Waals surface area contributed by atoms with Crippen molar-refractivity contribution < 1.29 is 9.53 Å². The number of nitrogens with one attached hydrogen (secondary N) is 1. The van der Waals surface area contributed by atoms with E-state index in [1.807, 2.05) is 6.07 Å². The van der Waals surface area contributed by atoms with Crippen molar-refractivity contribution in [1.29, 1.82) is 0 Å². The van der Waals surface area contributed by atoms with E-state index in [2.05, 4.69) is 5.32 Å². The second kappa shape index (κ2) is 5.63. The number of hydrogen-bond donors (Lipinski definition) is 2. The van der Waals surface area contributed by atoms with Crippen molar-refractivity contribution in [2.45, 2.75) is 0 Å². The molecule has 0 aliphatic heterocycles. The molecule has 0 heterocycles. The van der Waals surface area contributed by atoms with E-state index in [1.165, 1.54) is 7.11 Å². The van der Waals surface area contributed by atoms with Gasteiger partial charge >= 0.3 is 0 Å². The van der Waals surface area contributed by atoms with Gasteiger partial charge in [-0.3, -0.25) is 4.79 Å². The summed E-state index contributed by atoms with van der Waals surface area (Å²) in [6, 6.07) is 12.1. The van der Waals surface area contributed by atoms with Gasteiger partial charge in [-0.05, 0) is 24.3 Å². The fourth-order valence-electron chi connectivity index (χ4n) is 1.71. The Hall–Kier alpha value is -2.20. The summed E-state index contributed by atoms with van der Waals surface area (Å²) < 4.78 is 5.16. The van der Waals surface area contributed by atoms with Gasteiger partial charge in [-0.2, -0.15) is 0 Å². The topological polar surface area (TPSA) is 64.3 Å². The number of carbonyl (C=O) groups is 1. The van der Waals surface area contributed by atoms with Gasteiger partial charge in [-0.15, -0.1) is 0 Å². The summed E-state index contributed by atoms with van der Waals surface area (Å²) in [6.45, 7) is 0. The molecule has 0 aliphatic carbocycles. The first-order valence-electron chi connectivity index (χ1n) is 5.62. The molecule has 0 bridgehead atoms. The molecule has 5 heteroatoms. The minimum absolute atomic E-state index is 0.259. The van der Waals surface area contributed by atoms with Crippen LogP contribution < -0.4 is 15.8 Å². The van der Waals surface area contributed by atoms with E-state index in [0.29, 0.717) is 22.1 Å². The Kier molecular flexibility index (Phi) is 3.92. The van der Waals surface area contributed by atoms with E-state index in [9.17, 15) is 4.79 Å². The number of rotatable bonds is 3. The number of anilines is 2. The Morgan fingerprint density at radius 2 is 1.95 bits per heavy atom. The van der Waals surface area contributed by atoms with Crippen LogP contribution in [0.4, 0.5) is 11.4 Å². The van der Waals surface area contributed by atoms with Crippen LogP contribution in [-0.2, 0) is 0 Å². The normalized spacial score (nSPS) is 10.0. The molecule has 0 saturated heterocycles. The third-order valence-corrected chi connectivity index (χ3v) is 2.94. The number of amides is 1. The van der Waals surface area contributed by atoms with Crippen molar-refractivity contribution in [2.75, 3.05) is 18.2 Å². The highest BCUT2D eigenvalue weighted by Crippen LogP contribution is 2.27. The van der Waals surface area contributed by atoms with Crippen LogP contribution in [0.3, 0.4) is 0 Å². The number of hydrogen-bond acceptors (Lipinski definition) is 3. The lowest BCUT2D eigenvalue weighted by Crippen LogP contribution is -2.15. The van der Waals surface area contributed by atoms with Gasteiger partial charge < -0.3 is 15.8 Å². The summed E-state index contributed by atoms with van der Waals surface area (Å²) >= 11 is 5.99. The number of benzene rings is 2.